The van der Waals surface area contributed by atoms with Gasteiger partial charge in [0.25, 0.3) is 0 Å². The molecule has 0 aromatic rings. The van der Waals surface area contributed by atoms with Crippen molar-refractivity contribution in [3.63, 3.8) is 0 Å². The molecular formula is C29H50O. The van der Waals surface area contributed by atoms with Crippen molar-refractivity contribution in [1.29, 1.82) is 0 Å². The van der Waals surface area contributed by atoms with E-state index in [0.717, 1.165) is 48.3 Å². The highest BCUT2D eigenvalue weighted by Gasteiger charge is 2.65. The van der Waals surface area contributed by atoms with Crippen molar-refractivity contribution in [2.75, 3.05) is 0 Å². The SMILES string of the molecule is CC(C)[C@H](C)CC[C@@H](C)[C@H]1CC[C@@]2(C)[C@@H]3CC[C@H]4CC(=O)CC[C@@]4(C)[C@H]3CC[C@]12C. The first-order valence-electron chi connectivity index (χ1n) is 13.5. The van der Waals surface area contributed by atoms with Crippen molar-refractivity contribution in [1.82, 2.24) is 0 Å². The molecule has 0 spiro atoms. The third kappa shape index (κ3) is 3.35. The van der Waals surface area contributed by atoms with Crippen LogP contribution in [0.4, 0.5) is 0 Å². The van der Waals surface area contributed by atoms with Gasteiger partial charge in [0.15, 0.2) is 0 Å². The van der Waals surface area contributed by atoms with Crippen LogP contribution in [0.1, 0.15) is 119 Å². The van der Waals surface area contributed by atoms with Gasteiger partial charge in [0.2, 0.25) is 0 Å². The van der Waals surface area contributed by atoms with Gasteiger partial charge in [-0.05, 0) is 103 Å². The van der Waals surface area contributed by atoms with E-state index in [9.17, 15) is 4.79 Å². The quantitative estimate of drug-likeness (QED) is 0.442. The summed E-state index contributed by atoms with van der Waals surface area (Å²) in [6.45, 7) is 17.8. The van der Waals surface area contributed by atoms with E-state index in [1.54, 1.807) is 0 Å². The Kier molecular flexibility index (Phi) is 6.03. The Balaban J connectivity index is 1.52. The number of Topliss-reactive ketones (excluding diaryl/α,β-unsaturated/α-hetero) is 1. The molecule has 9 atom stereocenters. The van der Waals surface area contributed by atoms with Gasteiger partial charge in [0, 0.05) is 12.8 Å². The first-order valence-corrected chi connectivity index (χ1v) is 13.5. The normalized spacial score (nSPS) is 48.1. The number of hydrogen-bond donors (Lipinski definition) is 0. The molecule has 172 valence electrons. The van der Waals surface area contributed by atoms with Crippen LogP contribution >= 0.6 is 0 Å². The molecular weight excluding hydrogens is 364 g/mol. The van der Waals surface area contributed by atoms with E-state index < -0.39 is 0 Å². The molecule has 0 unspecified atom stereocenters. The maximum Gasteiger partial charge on any atom is 0.133 e. The zero-order valence-electron chi connectivity index (χ0n) is 21.2. The second kappa shape index (κ2) is 7.91. The number of ketones is 1. The molecule has 4 aliphatic rings. The van der Waals surface area contributed by atoms with Gasteiger partial charge < -0.3 is 0 Å². The van der Waals surface area contributed by atoms with Crippen LogP contribution in [0.15, 0.2) is 0 Å². The lowest BCUT2D eigenvalue weighted by atomic mass is 9.40. The summed E-state index contributed by atoms with van der Waals surface area (Å²) in [6, 6.07) is 0. The summed E-state index contributed by atoms with van der Waals surface area (Å²) in [7, 11) is 0. The molecule has 0 radical (unpaired) electrons. The fourth-order valence-corrected chi connectivity index (χ4v) is 9.47. The van der Waals surface area contributed by atoms with E-state index in [1.807, 2.05) is 0 Å². The van der Waals surface area contributed by atoms with Gasteiger partial charge in [0.1, 0.15) is 5.78 Å². The van der Waals surface area contributed by atoms with Crippen molar-refractivity contribution in [2.24, 2.45) is 57.7 Å². The standard InChI is InChI=1S/C29H50O/c1-19(2)20(3)8-9-21(4)24-13-16-29(7)26-11-10-22-18-23(30)12-15-27(22,5)25(26)14-17-28(24,29)6/h19-22,24-26H,8-18H2,1-7H3/t20-,21-,22+,24-,25+,26-,27-,28-,29+/m1/s1. The van der Waals surface area contributed by atoms with Crippen LogP contribution in [-0.2, 0) is 4.79 Å². The predicted octanol–water partition coefficient (Wildman–Crippen LogP) is 8.31. The molecule has 0 aromatic carbocycles. The number of carbonyl (C=O) groups is 1. The maximum atomic E-state index is 12.2. The summed E-state index contributed by atoms with van der Waals surface area (Å²) in [5.74, 6) is 6.46. The van der Waals surface area contributed by atoms with Crippen molar-refractivity contribution < 1.29 is 4.79 Å². The van der Waals surface area contributed by atoms with E-state index in [0.29, 0.717) is 27.9 Å². The highest BCUT2D eigenvalue weighted by molar-refractivity contribution is 5.79. The van der Waals surface area contributed by atoms with Crippen LogP contribution in [0.3, 0.4) is 0 Å². The molecule has 1 nitrogen and oxygen atoms in total. The minimum atomic E-state index is 0.442. The van der Waals surface area contributed by atoms with Gasteiger partial charge in [0.05, 0.1) is 0 Å². The van der Waals surface area contributed by atoms with Gasteiger partial charge in [-0.1, -0.05) is 61.3 Å². The second-order valence-corrected chi connectivity index (χ2v) is 13.5. The molecule has 0 bridgehead atoms. The minimum Gasteiger partial charge on any atom is -0.300 e. The van der Waals surface area contributed by atoms with E-state index in [4.69, 9.17) is 0 Å². The summed E-state index contributed by atoms with van der Waals surface area (Å²) in [4.78, 5) is 12.2. The van der Waals surface area contributed by atoms with E-state index in [2.05, 4.69) is 48.5 Å². The number of hydrogen-bond acceptors (Lipinski definition) is 1. The minimum absolute atomic E-state index is 0.442. The van der Waals surface area contributed by atoms with Gasteiger partial charge in [-0.3, -0.25) is 4.79 Å². The van der Waals surface area contributed by atoms with E-state index in [1.165, 1.54) is 57.8 Å². The summed E-state index contributed by atoms with van der Waals surface area (Å²) < 4.78 is 0. The molecule has 30 heavy (non-hydrogen) atoms. The average Bonchev–Trinajstić information content (AvgIpc) is 2.97. The van der Waals surface area contributed by atoms with Crippen molar-refractivity contribution in [3.05, 3.63) is 0 Å². The van der Waals surface area contributed by atoms with Crippen LogP contribution in [-0.4, -0.2) is 5.78 Å². The van der Waals surface area contributed by atoms with E-state index >= 15 is 0 Å². The highest BCUT2D eigenvalue weighted by Crippen LogP contribution is 2.73. The van der Waals surface area contributed by atoms with Crippen LogP contribution in [0.5, 0.6) is 0 Å². The molecule has 4 aliphatic carbocycles. The van der Waals surface area contributed by atoms with E-state index in [-0.39, 0.29) is 0 Å². The maximum absolute atomic E-state index is 12.2. The van der Waals surface area contributed by atoms with Crippen LogP contribution < -0.4 is 0 Å². The monoisotopic (exact) mass is 414 g/mol. The Bertz CT molecular complexity index is 651. The summed E-state index contributed by atoms with van der Waals surface area (Å²) in [6.07, 6.45) is 14.3. The molecule has 0 N–H and O–H groups in total. The number of carbonyl (C=O) groups excluding carboxylic acids is 1. The molecule has 0 saturated heterocycles. The Labute approximate surface area is 187 Å². The lowest BCUT2D eigenvalue weighted by Gasteiger charge is -2.64. The largest absolute Gasteiger partial charge is 0.300 e. The zero-order valence-corrected chi connectivity index (χ0v) is 21.2. The molecule has 1 heteroatoms. The zero-order chi connectivity index (χ0) is 21.9. The van der Waals surface area contributed by atoms with Gasteiger partial charge in [-0.25, -0.2) is 0 Å². The Hall–Kier alpha value is -0.330. The van der Waals surface area contributed by atoms with Crippen LogP contribution in [0, 0.1) is 57.7 Å². The molecule has 4 saturated carbocycles. The third-order valence-electron chi connectivity index (χ3n) is 12.3. The Morgan fingerprint density at radius 1 is 0.833 bits per heavy atom. The summed E-state index contributed by atoms with van der Waals surface area (Å²) in [5, 5.41) is 0. The lowest BCUT2D eigenvalue weighted by Crippen LogP contribution is -2.57. The first-order chi connectivity index (χ1) is 14.0. The fourth-order valence-electron chi connectivity index (χ4n) is 9.47. The van der Waals surface area contributed by atoms with Crippen molar-refractivity contribution >= 4 is 5.78 Å². The fraction of sp³-hybridized carbons (Fsp3) is 0.966. The molecule has 0 aliphatic heterocycles. The molecule has 4 fully saturated rings. The first kappa shape index (κ1) is 22.8. The lowest BCUT2D eigenvalue weighted by molar-refractivity contribution is -0.162. The molecule has 0 heterocycles. The van der Waals surface area contributed by atoms with Gasteiger partial charge >= 0.3 is 0 Å². The highest BCUT2D eigenvalue weighted by atomic mass is 16.1. The third-order valence-corrected chi connectivity index (χ3v) is 12.3. The molecule has 0 amide bonds. The smallest absolute Gasteiger partial charge is 0.133 e. The molecule has 0 aromatic heterocycles. The van der Waals surface area contributed by atoms with Gasteiger partial charge in [-0.2, -0.15) is 0 Å². The van der Waals surface area contributed by atoms with Crippen molar-refractivity contribution in [3.8, 4) is 0 Å². The molecule has 4 rings (SSSR count). The van der Waals surface area contributed by atoms with Crippen LogP contribution in [0.25, 0.3) is 0 Å². The predicted molar refractivity (Wildman–Crippen MR) is 127 cm³/mol. The summed E-state index contributed by atoms with van der Waals surface area (Å²) >= 11 is 0. The summed E-state index contributed by atoms with van der Waals surface area (Å²) in [5.41, 5.74) is 1.49. The van der Waals surface area contributed by atoms with Gasteiger partial charge in [-0.15, -0.1) is 0 Å². The number of fused-ring (bicyclic) bond motifs is 5. The number of rotatable bonds is 5. The Morgan fingerprint density at radius 3 is 2.23 bits per heavy atom. The average molecular weight is 415 g/mol. The second-order valence-electron chi connectivity index (χ2n) is 13.5. The van der Waals surface area contributed by atoms with Crippen molar-refractivity contribution in [2.45, 2.75) is 119 Å². The van der Waals surface area contributed by atoms with Crippen LogP contribution in [0.2, 0.25) is 0 Å². The topological polar surface area (TPSA) is 17.1 Å². The Morgan fingerprint density at radius 2 is 1.53 bits per heavy atom.